The lowest BCUT2D eigenvalue weighted by Crippen LogP contribution is -2.31. The molecule has 0 bridgehead atoms. The van der Waals surface area contributed by atoms with Crippen LogP contribution in [0.25, 0.3) is 0 Å². The first-order chi connectivity index (χ1) is 13.5. The SMILES string of the molecule is OCc1csc([C@H]2CC[C@@H]3[C@@H](CCOc4ccc(Cl)c(Cl)c4)[C@H](O)C[C@@H]3O2)n1. The molecule has 8 heteroatoms. The van der Waals surface area contributed by atoms with E-state index in [0.29, 0.717) is 40.4 Å². The van der Waals surface area contributed by atoms with Crippen LogP contribution in [-0.4, -0.2) is 34.0 Å². The van der Waals surface area contributed by atoms with Crippen molar-refractivity contribution in [3.63, 3.8) is 0 Å². The van der Waals surface area contributed by atoms with Gasteiger partial charge in [-0.15, -0.1) is 11.3 Å². The van der Waals surface area contributed by atoms with E-state index >= 15 is 0 Å². The lowest BCUT2D eigenvalue weighted by Gasteiger charge is -2.34. The zero-order chi connectivity index (χ0) is 19.7. The Kier molecular flexibility index (Phi) is 6.45. The van der Waals surface area contributed by atoms with Crippen LogP contribution >= 0.6 is 34.5 Å². The molecule has 1 saturated heterocycles. The molecular weight excluding hydrogens is 421 g/mol. The third-order valence-corrected chi connectivity index (χ3v) is 7.44. The first kappa shape index (κ1) is 20.4. The molecule has 0 amide bonds. The number of hydrogen-bond donors (Lipinski definition) is 2. The van der Waals surface area contributed by atoms with Gasteiger partial charge in [-0.05, 0) is 43.2 Å². The highest BCUT2D eigenvalue weighted by atomic mass is 35.5. The molecule has 2 aliphatic rings. The van der Waals surface area contributed by atoms with Crippen LogP contribution in [0.2, 0.25) is 10.0 Å². The van der Waals surface area contributed by atoms with Crippen LogP contribution in [0.4, 0.5) is 0 Å². The van der Waals surface area contributed by atoms with E-state index in [1.54, 1.807) is 18.2 Å². The second-order valence-corrected chi connectivity index (χ2v) is 9.12. The molecule has 1 aliphatic carbocycles. The van der Waals surface area contributed by atoms with Gasteiger partial charge in [0.25, 0.3) is 0 Å². The first-order valence-corrected chi connectivity index (χ1v) is 11.1. The minimum atomic E-state index is -0.379. The second kappa shape index (κ2) is 8.86. The van der Waals surface area contributed by atoms with Crippen LogP contribution in [0, 0.1) is 11.8 Å². The predicted molar refractivity (Wildman–Crippen MR) is 109 cm³/mol. The van der Waals surface area contributed by atoms with Gasteiger partial charge in [0.1, 0.15) is 16.9 Å². The highest BCUT2D eigenvalue weighted by Crippen LogP contribution is 2.47. The number of benzene rings is 1. The van der Waals surface area contributed by atoms with E-state index in [-0.39, 0.29) is 30.8 Å². The number of thiazole rings is 1. The van der Waals surface area contributed by atoms with E-state index in [2.05, 4.69) is 4.98 Å². The standard InChI is InChI=1S/C20H23Cl2NO4S/c21-15-3-1-12(7-16(15)22)26-6-5-13-14-2-4-18(27-19(14)8-17(13)25)20-23-11(9-24)10-28-20/h1,3,7,10,13-14,17-19,24-25H,2,4-6,8-9H2/t13-,14-,17-,18-,19+/m1/s1. The van der Waals surface area contributed by atoms with Gasteiger partial charge < -0.3 is 19.7 Å². The number of ether oxygens (including phenoxy) is 2. The molecular formula is C20H23Cl2NO4S. The third kappa shape index (κ3) is 4.32. The number of nitrogens with zero attached hydrogens (tertiary/aromatic N) is 1. The number of aliphatic hydroxyl groups excluding tert-OH is 2. The van der Waals surface area contributed by atoms with Gasteiger partial charge >= 0.3 is 0 Å². The minimum absolute atomic E-state index is 0.0371. The van der Waals surface area contributed by atoms with E-state index in [4.69, 9.17) is 32.7 Å². The number of fused-ring (bicyclic) bond motifs is 1. The van der Waals surface area contributed by atoms with Crippen molar-refractivity contribution in [2.45, 2.75) is 50.6 Å². The lowest BCUT2D eigenvalue weighted by atomic mass is 9.85. The topological polar surface area (TPSA) is 71.8 Å². The summed E-state index contributed by atoms with van der Waals surface area (Å²) in [5, 5.41) is 23.5. The summed E-state index contributed by atoms with van der Waals surface area (Å²) in [5.41, 5.74) is 0.689. The normalized spacial score (nSPS) is 29.6. The molecule has 2 heterocycles. The molecule has 28 heavy (non-hydrogen) atoms. The van der Waals surface area contributed by atoms with Crippen LogP contribution in [0.1, 0.15) is 42.5 Å². The Morgan fingerprint density at radius 3 is 2.86 bits per heavy atom. The van der Waals surface area contributed by atoms with Gasteiger partial charge in [-0.3, -0.25) is 0 Å². The van der Waals surface area contributed by atoms with Gasteiger partial charge in [-0.2, -0.15) is 0 Å². The molecule has 1 aromatic heterocycles. The molecule has 2 aromatic rings. The molecule has 1 saturated carbocycles. The number of halogens is 2. The van der Waals surface area contributed by atoms with Gasteiger partial charge in [-0.25, -0.2) is 4.98 Å². The van der Waals surface area contributed by atoms with E-state index in [1.807, 2.05) is 5.38 Å². The third-order valence-electron chi connectivity index (χ3n) is 5.71. The summed E-state index contributed by atoms with van der Waals surface area (Å²) in [6.45, 7) is 0.466. The van der Waals surface area contributed by atoms with Crippen molar-refractivity contribution >= 4 is 34.5 Å². The van der Waals surface area contributed by atoms with Gasteiger partial charge in [0.15, 0.2) is 0 Å². The molecule has 0 unspecified atom stereocenters. The summed E-state index contributed by atoms with van der Waals surface area (Å²) in [6.07, 6.45) is 2.93. The molecule has 4 rings (SSSR count). The molecule has 5 atom stereocenters. The maximum Gasteiger partial charge on any atom is 0.122 e. The molecule has 2 fully saturated rings. The summed E-state index contributed by atoms with van der Waals surface area (Å²) >= 11 is 13.5. The Morgan fingerprint density at radius 1 is 1.25 bits per heavy atom. The fraction of sp³-hybridized carbons (Fsp3) is 0.550. The maximum absolute atomic E-state index is 10.6. The quantitative estimate of drug-likeness (QED) is 0.680. The van der Waals surface area contributed by atoms with Crippen LogP contribution in [0.3, 0.4) is 0 Å². The first-order valence-electron chi connectivity index (χ1n) is 9.51. The van der Waals surface area contributed by atoms with Crippen molar-refractivity contribution in [3.05, 3.63) is 44.3 Å². The van der Waals surface area contributed by atoms with Gasteiger partial charge in [0.2, 0.25) is 0 Å². The molecule has 0 radical (unpaired) electrons. The Hall–Kier alpha value is -0.890. The lowest BCUT2D eigenvalue weighted by molar-refractivity contribution is -0.0799. The van der Waals surface area contributed by atoms with Crippen LogP contribution in [0.5, 0.6) is 5.75 Å². The largest absolute Gasteiger partial charge is 0.494 e. The average molecular weight is 444 g/mol. The van der Waals surface area contributed by atoms with Crippen molar-refractivity contribution in [3.8, 4) is 5.75 Å². The highest BCUT2D eigenvalue weighted by molar-refractivity contribution is 7.09. The van der Waals surface area contributed by atoms with Crippen LogP contribution < -0.4 is 4.74 Å². The number of aromatic nitrogens is 1. The van der Waals surface area contributed by atoms with Crippen molar-refractivity contribution in [2.75, 3.05) is 6.61 Å². The maximum atomic E-state index is 10.6. The van der Waals surface area contributed by atoms with Crippen molar-refractivity contribution < 1.29 is 19.7 Å². The molecule has 1 aromatic carbocycles. The summed E-state index contributed by atoms with van der Waals surface area (Å²) in [6, 6.07) is 5.22. The number of hydrogen-bond acceptors (Lipinski definition) is 6. The van der Waals surface area contributed by atoms with Gasteiger partial charge in [0.05, 0.1) is 41.2 Å². The Morgan fingerprint density at radius 2 is 2.11 bits per heavy atom. The molecule has 0 spiro atoms. The smallest absolute Gasteiger partial charge is 0.122 e. The fourth-order valence-electron chi connectivity index (χ4n) is 4.34. The van der Waals surface area contributed by atoms with Crippen molar-refractivity contribution in [2.24, 2.45) is 11.8 Å². The van der Waals surface area contributed by atoms with Crippen LogP contribution in [-0.2, 0) is 11.3 Å². The summed E-state index contributed by atoms with van der Waals surface area (Å²) in [5.74, 6) is 1.18. The van der Waals surface area contributed by atoms with Gasteiger partial charge in [-0.1, -0.05) is 23.2 Å². The number of rotatable bonds is 6. The van der Waals surface area contributed by atoms with E-state index in [0.717, 1.165) is 24.3 Å². The molecule has 152 valence electrons. The summed E-state index contributed by atoms with van der Waals surface area (Å²) in [4.78, 5) is 4.44. The summed E-state index contributed by atoms with van der Waals surface area (Å²) in [7, 11) is 0. The van der Waals surface area contributed by atoms with Crippen molar-refractivity contribution in [1.29, 1.82) is 0 Å². The fourth-order valence-corrected chi connectivity index (χ4v) is 5.51. The van der Waals surface area contributed by atoms with Crippen molar-refractivity contribution in [1.82, 2.24) is 4.98 Å². The molecule has 5 nitrogen and oxygen atoms in total. The zero-order valence-corrected chi connectivity index (χ0v) is 17.6. The monoisotopic (exact) mass is 443 g/mol. The zero-order valence-electron chi connectivity index (χ0n) is 15.3. The highest BCUT2D eigenvalue weighted by Gasteiger charge is 2.46. The Labute approximate surface area is 178 Å². The second-order valence-electron chi connectivity index (χ2n) is 7.42. The van der Waals surface area contributed by atoms with Gasteiger partial charge in [0, 0.05) is 17.9 Å². The van der Waals surface area contributed by atoms with E-state index < -0.39 is 0 Å². The number of aliphatic hydroxyl groups is 2. The van der Waals surface area contributed by atoms with Crippen LogP contribution in [0.15, 0.2) is 23.6 Å². The minimum Gasteiger partial charge on any atom is -0.494 e. The molecule has 2 N–H and O–H groups in total. The van der Waals surface area contributed by atoms with E-state index in [1.165, 1.54) is 11.3 Å². The Bertz CT molecular complexity index is 817. The Balaban J connectivity index is 1.32. The predicted octanol–water partition coefficient (Wildman–Crippen LogP) is 4.63. The summed E-state index contributed by atoms with van der Waals surface area (Å²) < 4.78 is 12.1. The molecule has 1 aliphatic heterocycles. The van der Waals surface area contributed by atoms with E-state index in [9.17, 15) is 10.2 Å². The average Bonchev–Trinajstić information content (AvgIpc) is 3.28.